The number of aromatic nitrogens is 3. The molecule has 3 aromatic rings. The molecule has 6 nitrogen and oxygen atoms in total. The lowest BCUT2D eigenvalue weighted by Gasteiger charge is -2.10. The second kappa shape index (κ2) is 7.42. The van der Waals surface area contributed by atoms with Gasteiger partial charge < -0.3 is 10.1 Å². The predicted octanol–water partition coefficient (Wildman–Crippen LogP) is 4.25. The molecule has 0 unspecified atom stereocenters. The maximum Gasteiger partial charge on any atom is 0.227 e. The second-order valence-corrected chi connectivity index (χ2v) is 6.66. The zero-order chi connectivity index (χ0) is 18.6. The van der Waals surface area contributed by atoms with Crippen molar-refractivity contribution in [1.29, 1.82) is 5.26 Å². The Kier molecular flexibility index (Phi) is 4.67. The number of anilines is 2. The Morgan fingerprint density at radius 1 is 1.19 bits per heavy atom. The summed E-state index contributed by atoms with van der Waals surface area (Å²) in [6, 6.07) is 13.5. The predicted molar refractivity (Wildman–Crippen MR) is 103 cm³/mol. The molecule has 1 fully saturated rings. The van der Waals surface area contributed by atoms with Crippen LogP contribution in [0.1, 0.15) is 24.1 Å². The smallest absolute Gasteiger partial charge is 0.227 e. The summed E-state index contributed by atoms with van der Waals surface area (Å²) < 4.78 is 5.78. The lowest BCUT2D eigenvalue weighted by molar-refractivity contribution is 0.299. The molecule has 0 atom stereocenters. The number of nitrogens with zero attached hydrogens (tertiary/aromatic N) is 4. The van der Waals surface area contributed by atoms with Crippen LogP contribution in [0.3, 0.4) is 0 Å². The fourth-order valence-electron chi connectivity index (χ4n) is 2.65. The van der Waals surface area contributed by atoms with Gasteiger partial charge in [-0.05, 0) is 62.1 Å². The highest BCUT2D eigenvalue weighted by Gasteiger charge is 2.22. The standard InChI is InChI=1S/C21H19N5O/c1-14-2-6-18(12-24-14)25-21-23-9-8-19(26-21)16-5-7-20(17(10-16)11-22)27-13-15-3-4-15/h2,5-10,12,15H,3-4,13H2,1H3,(H,23,25,26). The molecule has 0 saturated heterocycles. The van der Waals surface area contributed by atoms with E-state index in [1.165, 1.54) is 12.8 Å². The van der Waals surface area contributed by atoms with Gasteiger partial charge in [-0.15, -0.1) is 0 Å². The van der Waals surface area contributed by atoms with Crippen molar-refractivity contribution in [1.82, 2.24) is 15.0 Å². The summed E-state index contributed by atoms with van der Waals surface area (Å²) in [5.74, 6) is 1.75. The molecule has 0 radical (unpaired) electrons. The Bertz CT molecular complexity index is 990. The molecule has 27 heavy (non-hydrogen) atoms. The summed E-state index contributed by atoms with van der Waals surface area (Å²) in [6.45, 7) is 2.62. The summed E-state index contributed by atoms with van der Waals surface area (Å²) in [4.78, 5) is 13.1. The van der Waals surface area contributed by atoms with Crippen molar-refractivity contribution in [2.24, 2.45) is 5.92 Å². The number of hydrogen-bond acceptors (Lipinski definition) is 6. The van der Waals surface area contributed by atoms with Crippen LogP contribution in [-0.2, 0) is 0 Å². The minimum Gasteiger partial charge on any atom is -0.492 e. The van der Waals surface area contributed by atoms with Gasteiger partial charge in [-0.1, -0.05) is 0 Å². The first-order chi connectivity index (χ1) is 13.2. The fourth-order valence-corrected chi connectivity index (χ4v) is 2.65. The molecule has 0 aliphatic heterocycles. The number of ether oxygens (including phenoxy) is 1. The number of hydrogen-bond donors (Lipinski definition) is 1. The fraction of sp³-hybridized carbons (Fsp3) is 0.238. The molecule has 1 aromatic carbocycles. The largest absolute Gasteiger partial charge is 0.492 e. The molecule has 1 aliphatic rings. The van der Waals surface area contributed by atoms with E-state index in [-0.39, 0.29) is 0 Å². The Hall–Kier alpha value is -3.46. The van der Waals surface area contributed by atoms with Gasteiger partial charge >= 0.3 is 0 Å². The van der Waals surface area contributed by atoms with Gasteiger partial charge in [-0.25, -0.2) is 9.97 Å². The molecule has 1 N–H and O–H groups in total. The van der Waals surface area contributed by atoms with Crippen LogP contribution in [0.5, 0.6) is 5.75 Å². The second-order valence-electron chi connectivity index (χ2n) is 6.66. The number of nitriles is 1. The van der Waals surface area contributed by atoms with Crippen molar-refractivity contribution >= 4 is 11.6 Å². The van der Waals surface area contributed by atoms with Gasteiger partial charge in [0.1, 0.15) is 11.8 Å². The first kappa shape index (κ1) is 17.0. The number of nitrogens with one attached hydrogen (secondary N) is 1. The van der Waals surface area contributed by atoms with Crippen LogP contribution in [0.2, 0.25) is 0 Å². The van der Waals surface area contributed by atoms with Gasteiger partial charge in [-0.3, -0.25) is 4.98 Å². The summed E-state index contributed by atoms with van der Waals surface area (Å²) >= 11 is 0. The molecule has 4 rings (SSSR count). The van der Waals surface area contributed by atoms with E-state index in [0.29, 0.717) is 29.8 Å². The molecule has 0 bridgehead atoms. The van der Waals surface area contributed by atoms with Crippen molar-refractivity contribution in [3.05, 3.63) is 60.0 Å². The topological polar surface area (TPSA) is 83.7 Å². The highest BCUT2D eigenvalue weighted by molar-refractivity contribution is 5.65. The summed E-state index contributed by atoms with van der Waals surface area (Å²) in [5, 5.41) is 12.6. The Morgan fingerprint density at radius 2 is 2.07 bits per heavy atom. The molecular formula is C21H19N5O. The maximum absolute atomic E-state index is 9.46. The van der Waals surface area contributed by atoms with E-state index >= 15 is 0 Å². The van der Waals surface area contributed by atoms with Crippen LogP contribution >= 0.6 is 0 Å². The first-order valence-electron chi connectivity index (χ1n) is 8.91. The average molecular weight is 357 g/mol. The van der Waals surface area contributed by atoms with Crippen LogP contribution in [0, 0.1) is 24.2 Å². The lowest BCUT2D eigenvalue weighted by Crippen LogP contribution is -2.01. The van der Waals surface area contributed by atoms with Gasteiger partial charge in [0.05, 0.1) is 29.7 Å². The van der Waals surface area contributed by atoms with E-state index in [1.807, 2.05) is 43.3 Å². The molecule has 0 spiro atoms. The normalized spacial score (nSPS) is 13.0. The Morgan fingerprint density at radius 3 is 2.81 bits per heavy atom. The molecule has 2 aromatic heterocycles. The zero-order valence-corrected chi connectivity index (χ0v) is 15.0. The Labute approximate surface area is 157 Å². The van der Waals surface area contributed by atoms with Crippen molar-refractivity contribution < 1.29 is 4.74 Å². The lowest BCUT2D eigenvalue weighted by atomic mass is 10.1. The average Bonchev–Trinajstić information content (AvgIpc) is 3.53. The SMILES string of the molecule is Cc1ccc(Nc2nccc(-c3ccc(OCC4CC4)c(C#N)c3)n2)cn1. The highest BCUT2D eigenvalue weighted by Crippen LogP contribution is 2.31. The third-order valence-electron chi connectivity index (χ3n) is 4.39. The monoisotopic (exact) mass is 357 g/mol. The van der Waals surface area contributed by atoms with Gasteiger partial charge in [0.2, 0.25) is 5.95 Å². The third kappa shape index (κ3) is 4.21. The van der Waals surface area contributed by atoms with E-state index in [9.17, 15) is 5.26 Å². The molecule has 134 valence electrons. The minimum absolute atomic E-state index is 0.478. The van der Waals surface area contributed by atoms with E-state index in [2.05, 4.69) is 26.3 Å². The third-order valence-corrected chi connectivity index (χ3v) is 4.39. The zero-order valence-electron chi connectivity index (χ0n) is 15.0. The van der Waals surface area contributed by atoms with Crippen molar-refractivity contribution in [3.8, 4) is 23.1 Å². The Balaban J connectivity index is 1.55. The molecule has 2 heterocycles. The number of benzene rings is 1. The van der Waals surface area contributed by atoms with E-state index < -0.39 is 0 Å². The highest BCUT2D eigenvalue weighted by atomic mass is 16.5. The maximum atomic E-state index is 9.46. The summed E-state index contributed by atoms with van der Waals surface area (Å²) in [6.07, 6.45) is 5.86. The molecular weight excluding hydrogens is 338 g/mol. The minimum atomic E-state index is 0.478. The summed E-state index contributed by atoms with van der Waals surface area (Å²) in [7, 11) is 0. The van der Waals surface area contributed by atoms with E-state index in [1.54, 1.807) is 12.4 Å². The molecule has 1 saturated carbocycles. The van der Waals surface area contributed by atoms with Crippen LogP contribution in [0.25, 0.3) is 11.3 Å². The molecule has 0 amide bonds. The van der Waals surface area contributed by atoms with Gasteiger partial charge in [0.25, 0.3) is 0 Å². The van der Waals surface area contributed by atoms with Crippen LogP contribution in [0.15, 0.2) is 48.8 Å². The van der Waals surface area contributed by atoms with E-state index in [0.717, 1.165) is 22.6 Å². The van der Waals surface area contributed by atoms with Crippen molar-refractivity contribution in [2.75, 3.05) is 11.9 Å². The molecule has 6 heteroatoms. The van der Waals surface area contributed by atoms with Gasteiger partial charge in [0, 0.05) is 17.5 Å². The summed E-state index contributed by atoms with van der Waals surface area (Å²) in [5.41, 5.74) is 3.86. The molecule has 1 aliphatic carbocycles. The first-order valence-corrected chi connectivity index (χ1v) is 8.91. The van der Waals surface area contributed by atoms with Crippen LogP contribution in [-0.4, -0.2) is 21.6 Å². The van der Waals surface area contributed by atoms with Gasteiger partial charge in [-0.2, -0.15) is 5.26 Å². The quantitative estimate of drug-likeness (QED) is 0.710. The van der Waals surface area contributed by atoms with Gasteiger partial charge in [0.15, 0.2) is 0 Å². The number of rotatable bonds is 6. The number of pyridine rings is 1. The van der Waals surface area contributed by atoms with Crippen LogP contribution in [0.4, 0.5) is 11.6 Å². The van der Waals surface area contributed by atoms with E-state index in [4.69, 9.17) is 4.74 Å². The van der Waals surface area contributed by atoms with Crippen molar-refractivity contribution in [3.63, 3.8) is 0 Å². The van der Waals surface area contributed by atoms with Crippen molar-refractivity contribution in [2.45, 2.75) is 19.8 Å². The number of aryl methyl sites for hydroxylation is 1. The van der Waals surface area contributed by atoms with Crippen LogP contribution < -0.4 is 10.1 Å².